The van der Waals surface area contributed by atoms with Gasteiger partial charge in [-0.15, -0.1) is 11.8 Å². The van der Waals surface area contributed by atoms with Gasteiger partial charge in [-0.25, -0.2) is 4.98 Å². The Labute approximate surface area is 115 Å². The maximum atomic E-state index is 5.79. The molecule has 1 heterocycles. The molecule has 0 amide bonds. The van der Waals surface area contributed by atoms with E-state index in [4.69, 9.17) is 11.6 Å². The molecule has 0 aromatic carbocycles. The number of alkyl halides is 1. The number of nitrogens with zero attached hydrogens (tertiary/aromatic N) is 1. The monoisotopic (exact) mass is 321 g/mol. The van der Waals surface area contributed by atoms with Crippen molar-refractivity contribution in [3.05, 3.63) is 23.4 Å². The Morgan fingerprint density at radius 1 is 1.44 bits per heavy atom. The Balaban J connectivity index is 2.53. The van der Waals surface area contributed by atoms with Crippen molar-refractivity contribution >= 4 is 39.3 Å². The van der Waals surface area contributed by atoms with Crippen LogP contribution in [-0.4, -0.2) is 16.1 Å². The van der Waals surface area contributed by atoms with Crippen LogP contribution in [-0.2, 0) is 0 Å². The number of hydrogen-bond acceptors (Lipinski definition) is 2. The van der Waals surface area contributed by atoms with Gasteiger partial charge in [0, 0.05) is 17.3 Å². The Bertz CT molecular complexity index is 321. The fourth-order valence-electron chi connectivity index (χ4n) is 1.16. The lowest BCUT2D eigenvalue weighted by molar-refractivity contribution is 0.295. The zero-order valence-corrected chi connectivity index (χ0v) is 13.0. The first-order chi connectivity index (χ1) is 7.43. The second-order valence-corrected chi connectivity index (χ2v) is 6.97. The zero-order valence-electron chi connectivity index (χ0n) is 9.84. The number of hydrogen-bond donors (Lipinski definition) is 0. The smallest absolute Gasteiger partial charge is 0.0961 e. The molecular formula is C12H17BrClNS. The number of thioether (sulfide) groups is 1. The number of pyridine rings is 1. The van der Waals surface area contributed by atoms with Gasteiger partial charge in [-0.3, -0.25) is 0 Å². The largest absolute Gasteiger partial charge is 0.248 e. The number of aromatic nitrogens is 1. The van der Waals surface area contributed by atoms with Crippen molar-refractivity contribution in [3.8, 4) is 0 Å². The molecule has 0 aliphatic carbocycles. The average Bonchev–Trinajstić information content (AvgIpc) is 2.19. The fourth-order valence-corrected chi connectivity index (χ4v) is 4.06. The molecule has 1 unspecified atom stereocenters. The van der Waals surface area contributed by atoms with Gasteiger partial charge in [0.1, 0.15) is 0 Å². The molecule has 1 nitrogen and oxygen atoms in total. The van der Waals surface area contributed by atoms with Crippen LogP contribution in [0.4, 0.5) is 0 Å². The minimum Gasteiger partial charge on any atom is -0.248 e. The molecule has 1 aromatic rings. The van der Waals surface area contributed by atoms with Crippen molar-refractivity contribution < 1.29 is 0 Å². The van der Waals surface area contributed by atoms with E-state index in [1.807, 2.05) is 12.1 Å². The van der Waals surface area contributed by atoms with Gasteiger partial charge in [-0.1, -0.05) is 48.3 Å². The van der Waals surface area contributed by atoms with E-state index in [1.165, 1.54) is 0 Å². The lowest BCUT2D eigenvalue weighted by Crippen LogP contribution is -2.24. The molecule has 4 heteroatoms. The molecule has 0 saturated carbocycles. The van der Waals surface area contributed by atoms with Crippen LogP contribution in [0.3, 0.4) is 0 Å². The van der Waals surface area contributed by atoms with Crippen molar-refractivity contribution in [1.29, 1.82) is 0 Å². The van der Waals surface area contributed by atoms with Gasteiger partial charge in [0.15, 0.2) is 0 Å². The van der Waals surface area contributed by atoms with Gasteiger partial charge in [0.2, 0.25) is 0 Å². The molecule has 0 N–H and O–H groups in total. The molecule has 0 bridgehead atoms. The molecule has 90 valence electrons. The summed E-state index contributed by atoms with van der Waals surface area (Å²) in [5, 5.41) is 2.76. The van der Waals surface area contributed by atoms with E-state index < -0.39 is 0 Å². The molecule has 0 saturated heterocycles. The molecule has 1 aromatic heterocycles. The summed E-state index contributed by atoms with van der Waals surface area (Å²) in [5.74, 6) is 1.71. The highest BCUT2D eigenvalue weighted by Gasteiger charge is 2.23. The van der Waals surface area contributed by atoms with Crippen LogP contribution in [0.5, 0.6) is 0 Å². The lowest BCUT2D eigenvalue weighted by atomic mass is 9.83. The van der Waals surface area contributed by atoms with Crippen molar-refractivity contribution in [2.45, 2.75) is 25.8 Å². The third-order valence-electron chi connectivity index (χ3n) is 2.54. The normalized spacial score (nSPS) is 13.8. The Morgan fingerprint density at radius 2 is 2.12 bits per heavy atom. The van der Waals surface area contributed by atoms with Gasteiger partial charge in [-0.2, -0.15) is 0 Å². The predicted octanol–water partition coefficient (Wildman–Crippen LogP) is 4.88. The summed E-state index contributed by atoms with van der Waals surface area (Å²) in [6.07, 6.45) is 1.70. The van der Waals surface area contributed by atoms with Gasteiger partial charge in [-0.05, 0) is 23.5 Å². The first-order valence-electron chi connectivity index (χ1n) is 5.24. The third-order valence-corrected chi connectivity index (χ3v) is 4.66. The van der Waals surface area contributed by atoms with Crippen LogP contribution in [0, 0.1) is 11.3 Å². The number of halogens is 2. The maximum Gasteiger partial charge on any atom is 0.0961 e. The number of rotatable bonds is 4. The Hall–Kier alpha value is 0.270. The average molecular weight is 323 g/mol. The maximum absolute atomic E-state index is 5.79. The summed E-state index contributed by atoms with van der Waals surface area (Å²) >= 11 is 11.2. The minimum atomic E-state index is 0.322. The van der Waals surface area contributed by atoms with Crippen LogP contribution in [0.1, 0.15) is 20.8 Å². The molecule has 16 heavy (non-hydrogen) atoms. The quantitative estimate of drug-likeness (QED) is 0.578. The van der Waals surface area contributed by atoms with Crippen LogP contribution < -0.4 is 0 Å². The molecule has 1 rings (SSSR count). The first kappa shape index (κ1) is 14.3. The van der Waals surface area contributed by atoms with E-state index in [9.17, 15) is 0 Å². The summed E-state index contributed by atoms with van der Waals surface area (Å²) in [6, 6.07) is 3.86. The molecule has 0 fully saturated rings. The first-order valence-corrected chi connectivity index (χ1v) is 7.72. The molecule has 0 radical (unpaired) electrons. The third kappa shape index (κ3) is 4.64. The van der Waals surface area contributed by atoms with E-state index in [0.717, 1.165) is 16.1 Å². The topological polar surface area (TPSA) is 12.9 Å². The van der Waals surface area contributed by atoms with Crippen molar-refractivity contribution in [1.82, 2.24) is 4.98 Å². The highest BCUT2D eigenvalue weighted by Crippen LogP contribution is 2.32. The van der Waals surface area contributed by atoms with E-state index >= 15 is 0 Å². The standard InChI is InChI=1S/C12H17BrClNS/c1-12(2,3)9(6-13)8-16-11-5-4-10(14)7-15-11/h4-5,7,9H,6,8H2,1-3H3. The lowest BCUT2D eigenvalue weighted by Gasteiger charge is -2.28. The van der Waals surface area contributed by atoms with Gasteiger partial charge < -0.3 is 0 Å². The predicted molar refractivity (Wildman–Crippen MR) is 76.7 cm³/mol. The molecule has 0 spiro atoms. The second-order valence-electron chi connectivity index (χ2n) is 4.84. The Kier molecular flexibility index (Phi) is 5.62. The summed E-state index contributed by atoms with van der Waals surface area (Å²) in [5.41, 5.74) is 0.322. The molecule has 1 atom stereocenters. The van der Waals surface area contributed by atoms with Crippen LogP contribution in [0.25, 0.3) is 0 Å². The SMILES string of the molecule is CC(C)(C)C(CBr)CSc1ccc(Cl)cn1. The summed E-state index contributed by atoms with van der Waals surface area (Å²) < 4.78 is 0. The van der Waals surface area contributed by atoms with Crippen LogP contribution >= 0.6 is 39.3 Å². The summed E-state index contributed by atoms with van der Waals surface area (Å²) in [7, 11) is 0. The van der Waals surface area contributed by atoms with Crippen LogP contribution in [0.15, 0.2) is 23.4 Å². The van der Waals surface area contributed by atoms with Crippen molar-refractivity contribution in [3.63, 3.8) is 0 Å². The van der Waals surface area contributed by atoms with Gasteiger partial charge in [0.05, 0.1) is 10.0 Å². The van der Waals surface area contributed by atoms with Crippen LogP contribution in [0.2, 0.25) is 5.02 Å². The van der Waals surface area contributed by atoms with E-state index in [2.05, 4.69) is 41.7 Å². The Morgan fingerprint density at radius 3 is 2.56 bits per heavy atom. The molecular weight excluding hydrogens is 306 g/mol. The summed E-state index contributed by atoms with van der Waals surface area (Å²) in [6.45, 7) is 6.82. The van der Waals surface area contributed by atoms with E-state index in [-0.39, 0.29) is 0 Å². The summed E-state index contributed by atoms with van der Waals surface area (Å²) in [4.78, 5) is 4.28. The molecule has 0 aliphatic rings. The highest BCUT2D eigenvalue weighted by molar-refractivity contribution is 9.09. The van der Waals surface area contributed by atoms with Crippen molar-refractivity contribution in [2.24, 2.45) is 11.3 Å². The van der Waals surface area contributed by atoms with Crippen molar-refractivity contribution in [2.75, 3.05) is 11.1 Å². The minimum absolute atomic E-state index is 0.322. The molecule has 0 aliphatic heterocycles. The van der Waals surface area contributed by atoms with E-state index in [0.29, 0.717) is 16.4 Å². The van der Waals surface area contributed by atoms with Gasteiger partial charge in [0.25, 0.3) is 0 Å². The van der Waals surface area contributed by atoms with Gasteiger partial charge >= 0.3 is 0 Å². The highest BCUT2D eigenvalue weighted by atomic mass is 79.9. The van der Waals surface area contributed by atoms with E-state index in [1.54, 1.807) is 18.0 Å². The fraction of sp³-hybridized carbons (Fsp3) is 0.583. The second kappa shape index (κ2) is 6.27. The zero-order chi connectivity index (χ0) is 12.2.